The SMILES string of the molecule is CC(C)Cc1cc2nnc3c(F)c(CN)ccc3n2n1. The van der Waals surface area contributed by atoms with Gasteiger partial charge in [-0.05, 0) is 18.4 Å². The highest BCUT2D eigenvalue weighted by Crippen LogP contribution is 2.20. The summed E-state index contributed by atoms with van der Waals surface area (Å²) in [5.74, 6) is 0.0834. The summed E-state index contributed by atoms with van der Waals surface area (Å²) >= 11 is 0. The lowest BCUT2D eigenvalue weighted by Gasteiger charge is -2.04. The molecule has 0 bridgehead atoms. The Hall–Kier alpha value is -2.08. The van der Waals surface area contributed by atoms with E-state index in [0.717, 1.165) is 12.1 Å². The minimum Gasteiger partial charge on any atom is -0.326 e. The van der Waals surface area contributed by atoms with E-state index >= 15 is 0 Å². The van der Waals surface area contributed by atoms with Gasteiger partial charge < -0.3 is 5.73 Å². The first-order valence-electron chi connectivity index (χ1n) is 6.62. The van der Waals surface area contributed by atoms with Crippen molar-refractivity contribution < 1.29 is 4.39 Å². The number of hydrogen-bond acceptors (Lipinski definition) is 4. The molecular weight excluding hydrogens is 257 g/mol. The zero-order valence-corrected chi connectivity index (χ0v) is 11.5. The van der Waals surface area contributed by atoms with Crippen molar-refractivity contribution in [2.24, 2.45) is 11.7 Å². The Morgan fingerprint density at radius 3 is 2.80 bits per heavy atom. The van der Waals surface area contributed by atoms with Crippen LogP contribution in [0.4, 0.5) is 4.39 Å². The van der Waals surface area contributed by atoms with Gasteiger partial charge in [-0.25, -0.2) is 8.91 Å². The number of halogens is 1. The van der Waals surface area contributed by atoms with E-state index in [0.29, 0.717) is 22.6 Å². The Balaban J connectivity index is 2.25. The molecule has 0 aliphatic carbocycles. The zero-order chi connectivity index (χ0) is 14.3. The van der Waals surface area contributed by atoms with Crippen molar-refractivity contribution in [3.8, 4) is 0 Å². The van der Waals surface area contributed by atoms with Gasteiger partial charge in [0.1, 0.15) is 5.52 Å². The maximum Gasteiger partial charge on any atom is 0.178 e. The zero-order valence-electron chi connectivity index (χ0n) is 11.5. The largest absolute Gasteiger partial charge is 0.326 e. The van der Waals surface area contributed by atoms with Crippen molar-refractivity contribution in [2.75, 3.05) is 0 Å². The van der Waals surface area contributed by atoms with E-state index in [9.17, 15) is 4.39 Å². The number of nitrogens with zero attached hydrogens (tertiary/aromatic N) is 4. The van der Waals surface area contributed by atoms with Gasteiger partial charge in [-0.3, -0.25) is 0 Å². The van der Waals surface area contributed by atoms with E-state index in [1.807, 2.05) is 6.07 Å². The van der Waals surface area contributed by atoms with Crippen LogP contribution in [-0.2, 0) is 13.0 Å². The highest BCUT2D eigenvalue weighted by atomic mass is 19.1. The molecular formula is C14H16FN5. The van der Waals surface area contributed by atoms with Crippen LogP contribution in [0, 0.1) is 11.7 Å². The minimum absolute atomic E-state index is 0.138. The van der Waals surface area contributed by atoms with Gasteiger partial charge in [-0.1, -0.05) is 19.9 Å². The van der Waals surface area contributed by atoms with Crippen LogP contribution in [0.2, 0.25) is 0 Å². The van der Waals surface area contributed by atoms with Gasteiger partial charge in [0.2, 0.25) is 0 Å². The van der Waals surface area contributed by atoms with E-state index in [-0.39, 0.29) is 12.1 Å². The highest BCUT2D eigenvalue weighted by molar-refractivity contribution is 5.77. The van der Waals surface area contributed by atoms with Crippen molar-refractivity contribution in [3.05, 3.63) is 35.3 Å². The summed E-state index contributed by atoms with van der Waals surface area (Å²) in [6.07, 6.45) is 0.855. The molecule has 0 unspecified atom stereocenters. The smallest absolute Gasteiger partial charge is 0.178 e. The second kappa shape index (κ2) is 4.79. The summed E-state index contributed by atoms with van der Waals surface area (Å²) in [6.45, 7) is 4.39. The topological polar surface area (TPSA) is 69.1 Å². The summed E-state index contributed by atoms with van der Waals surface area (Å²) in [6, 6.07) is 5.35. The second-order valence-electron chi connectivity index (χ2n) is 5.31. The molecule has 6 heteroatoms. The van der Waals surface area contributed by atoms with E-state index < -0.39 is 5.82 Å². The molecule has 2 heterocycles. The first-order chi connectivity index (χ1) is 9.60. The standard InChI is InChI=1S/C14H16FN5/c1-8(2)5-10-6-12-17-18-14-11(20(12)19-10)4-3-9(7-16)13(14)15/h3-4,6,8H,5,7,16H2,1-2H3. The van der Waals surface area contributed by atoms with Gasteiger partial charge in [0.05, 0.1) is 11.2 Å². The molecule has 104 valence electrons. The van der Waals surface area contributed by atoms with E-state index in [1.165, 1.54) is 0 Å². The van der Waals surface area contributed by atoms with Crippen LogP contribution in [0.25, 0.3) is 16.7 Å². The number of nitrogens with two attached hydrogens (primary N) is 1. The Morgan fingerprint density at radius 2 is 2.10 bits per heavy atom. The Bertz CT molecular complexity index is 778. The first-order valence-corrected chi connectivity index (χ1v) is 6.62. The van der Waals surface area contributed by atoms with Crippen LogP contribution in [0.15, 0.2) is 18.2 Å². The number of benzene rings is 1. The summed E-state index contributed by atoms with van der Waals surface area (Å²) in [5.41, 5.74) is 8.32. The van der Waals surface area contributed by atoms with Crippen LogP contribution < -0.4 is 5.73 Å². The van der Waals surface area contributed by atoms with Crippen LogP contribution in [0.5, 0.6) is 0 Å². The predicted molar refractivity (Wildman–Crippen MR) is 74.7 cm³/mol. The molecule has 1 aromatic carbocycles. The van der Waals surface area contributed by atoms with Gasteiger partial charge in [0.15, 0.2) is 11.5 Å². The van der Waals surface area contributed by atoms with Crippen LogP contribution in [-0.4, -0.2) is 19.8 Å². The molecule has 0 amide bonds. The van der Waals surface area contributed by atoms with Crippen molar-refractivity contribution in [1.82, 2.24) is 19.8 Å². The van der Waals surface area contributed by atoms with Crippen molar-refractivity contribution >= 4 is 16.7 Å². The van der Waals surface area contributed by atoms with E-state index in [4.69, 9.17) is 5.73 Å². The van der Waals surface area contributed by atoms with Gasteiger partial charge in [0.25, 0.3) is 0 Å². The van der Waals surface area contributed by atoms with Crippen LogP contribution >= 0.6 is 0 Å². The predicted octanol–water partition coefficient (Wildman–Crippen LogP) is 2.07. The maximum atomic E-state index is 14.2. The molecule has 0 spiro atoms. The third-order valence-electron chi connectivity index (χ3n) is 3.23. The lowest BCUT2D eigenvalue weighted by Crippen LogP contribution is -2.04. The van der Waals surface area contributed by atoms with Crippen molar-refractivity contribution in [1.29, 1.82) is 0 Å². The Kier molecular flexibility index (Phi) is 3.10. The molecule has 0 saturated carbocycles. The summed E-state index contributed by atoms with van der Waals surface area (Å²) in [4.78, 5) is 0. The molecule has 0 atom stereocenters. The average molecular weight is 273 g/mol. The quantitative estimate of drug-likeness (QED) is 0.793. The number of aromatic nitrogens is 4. The summed E-state index contributed by atoms with van der Waals surface area (Å²) < 4.78 is 15.8. The fraction of sp³-hybridized carbons (Fsp3) is 0.357. The molecule has 0 aliphatic heterocycles. The summed E-state index contributed by atoms with van der Waals surface area (Å²) in [7, 11) is 0. The van der Waals surface area contributed by atoms with Crippen molar-refractivity contribution in [2.45, 2.75) is 26.8 Å². The Labute approximate surface area is 115 Å². The van der Waals surface area contributed by atoms with Crippen LogP contribution in [0.1, 0.15) is 25.1 Å². The number of rotatable bonds is 3. The lowest BCUT2D eigenvalue weighted by molar-refractivity contribution is 0.616. The maximum absolute atomic E-state index is 14.2. The fourth-order valence-corrected chi connectivity index (χ4v) is 2.31. The first kappa shape index (κ1) is 12.9. The van der Waals surface area contributed by atoms with Gasteiger partial charge in [-0.15, -0.1) is 10.2 Å². The van der Waals surface area contributed by atoms with E-state index in [2.05, 4.69) is 29.1 Å². The van der Waals surface area contributed by atoms with Crippen molar-refractivity contribution in [3.63, 3.8) is 0 Å². The molecule has 2 aromatic heterocycles. The molecule has 0 saturated heterocycles. The molecule has 3 rings (SSSR count). The third kappa shape index (κ3) is 2.02. The Morgan fingerprint density at radius 1 is 1.30 bits per heavy atom. The van der Waals surface area contributed by atoms with Crippen LogP contribution in [0.3, 0.4) is 0 Å². The molecule has 20 heavy (non-hydrogen) atoms. The fourth-order valence-electron chi connectivity index (χ4n) is 2.31. The molecule has 2 N–H and O–H groups in total. The second-order valence-corrected chi connectivity index (χ2v) is 5.31. The normalized spacial score (nSPS) is 11.8. The monoisotopic (exact) mass is 273 g/mol. The average Bonchev–Trinajstić information content (AvgIpc) is 2.80. The minimum atomic E-state index is -0.416. The third-order valence-corrected chi connectivity index (χ3v) is 3.23. The van der Waals surface area contributed by atoms with Gasteiger partial charge in [0, 0.05) is 18.2 Å². The molecule has 5 nitrogen and oxygen atoms in total. The molecule has 3 aromatic rings. The van der Waals surface area contributed by atoms with Gasteiger partial charge in [-0.2, -0.15) is 5.10 Å². The number of hydrogen-bond donors (Lipinski definition) is 1. The lowest BCUT2D eigenvalue weighted by atomic mass is 10.1. The number of fused-ring (bicyclic) bond motifs is 3. The molecule has 0 fully saturated rings. The van der Waals surface area contributed by atoms with E-state index in [1.54, 1.807) is 16.6 Å². The molecule has 0 radical (unpaired) electrons. The molecule has 0 aliphatic rings. The summed E-state index contributed by atoms with van der Waals surface area (Å²) in [5, 5.41) is 12.5. The highest BCUT2D eigenvalue weighted by Gasteiger charge is 2.13. The van der Waals surface area contributed by atoms with Gasteiger partial charge >= 0.3 is 0 Å².